The van der Waals surface area contributed by atoms with Crippen LogP contribution in [0.1, 0.15) is 11.4 Å². The van der Waals surface area contributed by atoms with Gasteiger partial charge in [-0.15, -0.1) is 14.9 Å². The number of hydrogen-bond donors (Lipinski definition) is 4. The van der Waals surface area contributed by atoms with E-state index < -0.39 is 10.2 Å². The van der Waals surface area contributed by atoms with Crippen LogP contribution in [-0.2, 0) is 0 Å². The third kappa shape index (κ3) is 8.83. The van der Waals surface area contributed by atoms with Crippen LogP contribution >= 0.6 is 0 Å². The van der Waals surface area contributed by atoms with Gasteiger partial charge in [-0.25, -0.2) is 23.7 Å². The van der Waals surface area contributed by atoms with E-state index in [1.165, 1.54) is 0 Å². The highest BCUT2D eigenvalue weighted by atomic mass is 35.7. The Kier molecular flexibility index (Phi) is 8.61. The highest BCUT2D eigenvalue weighted by Gasteiger charge is 2.17. The summed E-state index contributed by atoms with van der Waals surface area (Å²) in [6.45, 7) is 3.84. The number of aliphatic hydroxyl groups excluding tert-OH is 1. The van der Waals surface area contributed by atoms with E-state index in [0.29, 0.717) is 5.95 Å². The SMILES string of the molecule is CO.Cc1cc(C)[n+](-c2nnc(N=C(N)N)nn2)[nH]1.[O-][Cl+3]([O-])([O-])[O-]. The van der Waals surface area contributed by atoms with Gasteiger partial charge >= 0.3 is 11.9 Å². The Morgan fingerprint density at radius 2 is 1.58 bits per heavy atom. The quantitative estimate of drug-likeness (QED) is 0.221. The van der Waals surface area contributed by atoms with Crippen LogP contribution in [-0.4, -0.2) is 43.7 Å². The van der Waals surface area contributed by atoms with E-state index in [0.717, 1.165) is 18.5 Å². The predicted molar refractivity (Wildman–Crippen MR) is 66.6 cm³/mol. The number of nitrogens with one attached hydrogen (secondary N) is 1. The fraction of sp³-hybridized carbons (Fsp3) is 0.333. The largest absolute Gasteiger partial charge is 0.500 e. The van der Waals surface area contributed by atoms with Gasteiger partial charge in [0.1, 0.15) is 5.69 Å². The second-order valence-corrected chi connectivity index (χ2v) is 4.59. The van der Waals surface area contributed by atoms with Crippen LogP contribution in [0.3, 0.4) is 0 Å². The third-order valence-corrected chi connectivity index (χ3v) is 1.95. The van der Waals surface area contributed by atoms with Gasteiger partial charge in [0.25, 0.3) is 0 Å². The molecule has 2 rings (SSSR count). The summed E-state index contributed by atoms with van der Waals surface area (Å²) >= 11 is 0. The zero-order valence-corrected chi connectivity index (χ0v) is 13.6. The summed E-state index contributed by atoms with van der Waals surface area (Å²) in [4.78, 5) is 3.63. The molecule has 0 fully saturated rings. The molecule has 0 saturated heterocycles. The van der Waals surface area contributed by atoms with Gasteiger partial charge in [-0.2, -0.15) is 4.99 Å². The molecule has 0 unspecified atom stereocenters. The monoisotopic (exact) mass is 365 g/mol. The molecular formula is C9H16ClN9O5. The first-order valence-corrected chi connectivity index (χ1v) is 7.12. The molecular weight excluding hydrogens is 350 g/mol. The molecule has 0 aliphatic carbocycles. The van der Waals surface area contributed by atoms with Crippen molar-refractivity contribution in [3.63, 3.8) is 0 Å². The molecule has 0 aliphatic rings. The summed E-state index contributed by atoms with van der Waals surface area (Å²) in [6.07, 6.45) is 0. The van der Waals surface area contributed by atoms with Crippen LogP contribution in [0.2, 0.25) is 0 Å². The fourth-order valence-electron chi connectivity index (χ4n) is 1.35. The van der Waals surface area contributed by atoms with Gasteiger partial charge in [0.15, 0.2) is 5.96 Å². The van der Waals surface area contributed by atoms with Crippen molar-refractivity contribution in [3.8, 4) is 5.95 Å². The van der Waals surface area contributed by atoms with E-state index in [1.54, 1.807) is 4.68 Å². The number of aliphatic hydroxyl groups is 1. The number of H-pyrrole nitrogens is 1. The van der Waals surface area contributed by atoms with Gasteiger partial charge in [-0.1, -0.05) is 0 Å². The second kappa shape index (κ2) is 9.60. The maximum atomic E-state index is 8.49. The topological polar surface area (TPSA) is 248 Å². The smallest absolute Gasteiger partial charge is 0.400 e. The van der Waals surface area contributed by atoms with Crippen molar-refractivity contribution in [1.29, 1.82) is 0 Å². The molecule has 2 heterocycles. The van der Waals surface area contributed by atoms with Crippen LogP contribution in [0, 0.1) is 24.1 Å². The molecule has 0 amide bonds. The zero-order chi connectivity index (χ0) is 18.9. The van der Waals surface area contributed by atoms with Crippen LogP contribution in [0.15, 0.2) is 11.1 Å². The number of aliphatic imine (C=N–C) groups is 1. The number of aromatic nitrogens is 6. The van der Waals surface area contributed by atoms with Gasteiger partial charge in [0, 0.05) is 12.8 Å². The standard InChI is InChI=1S/C8H11N9.CH4O.ClHO4/c1-4-3-5(2)17(16-4)8-14-12-7(13-15-8)11-6(9)10;1-2;2-1(3,4)5/h3H,1-2H3,(H4,9,10,11,12,13);2H,1H3;(H,2,3,4,5). The van der Waals surface area contributed by atoms with Gasteiger partial charge in [0.2, 0.25) is 0 Å². The zero-order valence-electron chi connectivity index (χ0n) is 12.9. The predicted octanol–water partition coefficient (Wildman–Crippen LogP) is -6.75. The first-order chi connectivity index (χ1) is 11.1. The molecule has 0 radical (unpaired) electrons. The van der Waals surface area contributed by atoms with Gasteiger partial charge in [0.05, 0.1) is 10.2 Å². The summed E-state index contributed by atoms with van der Waals surface area (Å²) in [5.41, 5.74) is 12.3. The van der Waals surface area contributed by atoms with E-state index in [4.69, 9.17) is 35.2 Å². The molecule has 0 spiro atoms. The first kappa shape index (κ1) is 21.5. The van der Waals surface area contributed by atoms with Crippen LogP contribution < -0.4 is 34.8 Å². The van der Waals surface area contributed by atoms with Crippen molar-refractivity contribution < 1.29 is 38.7 Å². The number of hydrogen-bond acceptors (Lipinski definition) is 10. The maximum Gasteiger partial charge on any atom is 0.500 e. The number of guanidine groups is 1. The number of rotatable bonds is 2. The minimum Gasteiger partial charge on any atom is -0.400 e. The molecule has 15 heteroatoms. The van der Waals surface area contributed by atoms with Crippen molar-refractivity contribution >= 4 is 11.9 Å². The molecule has 0 aliphatic heterocycles. The van der Waals surface area contributed by atoms with E-state index in [1.807, 2.05) is 19.9 Å². The lowest BCUT2D eigenvalue weighted by Gasteiger charge is -2.17. The Morgan fingerprint density at radius 1 is 1.12 bits per heavy atom. The number of aryl methyl sites for hydroxylation is 2. The molecule has 0 aromatic carbocycles. The molecule has 2 aromatic heterocycles. The molecule has 6 N–H and O–H groups in total. The van der Waals surface area contributed by atoms with Crippen LogP contribution in [0.25, 0.3) is 5.95 Å². The molecule has 0 atom stereocenters. The third-order valence-electron chi connectivity index (χ3n) is 1.95. The number of nitrogens with zero attached hydrogens (tertiary/aromatic N) is 6. The minimum atomic E-state index is -4.94. The molecule has 0 saturated carbocycles. The van der Waals surface area contributed by atoms with Gasteiger partial charge < -0.3 is 16.6 Å². The molecule has 0 bridgehead atoms. The highest BCUT2D eigenvalue weighted by Crippen LogP contribution is 1.99. The van der Waals surface area contributed by atoms with Gasteiger partial charge in [-0.3, -0.25) is 0 Å². The lowest BCUT2D eigenvalue weighted by Crippen LogP contribution is -2.68. The second-order valence-electron chi connectivity index (χ2n) is 3.83. The molecule has 14 nitrogen and oxygen atoms in total. The number of halogens is 1. The van der Waals surface area contributed by atoms with Crippen molar-refractivity contribution in [1.82, 2.24) is 25.5 Å². The average Bonchev–Trinajstić information content (AvgIpc) is 2.78. The molecule has 134 valence electrons. The Morgan fingerprint density at radius 3 is 1.92 bits per heavy atom. The number of aromatic amines is 1. The van der Waals surface area contributed by atoms with E-state index in [2.05, 4.69) is 30.5 Å². The van der Waals surface area contributed by atoms with Crippen molar-refractivity contribution in [2.45, 2.75) is 13.8 Å². The fourth-order valence-corrected chi connectivity index (χ4v) is 1.35. The summed E-state index contributed by atoms with van der Waals surface area (Å²) in [7, 11) is -3.94. The highest BCUT2D eigenvalue weighted by molar-refractivity contribution is 5.77. The lowest BCUT2D eigenvalue weighted by molar-refractivity contribution is -2.00. The van der Waals surface area contributed by atoms with E-state index >= 15 is 0 Å². The van der Waals surface area contributed by atoms with Crippen molar-refractivity contribution in [2.75, 3.05) is 7.11 Å². The first-order valence-electron chi connectivity index (χ1n) is 5.88. The summed E-state index contributed by atoms with van der Waals surface area (Å²) in [5.74, 6) is 0.210. The lowest BCUT2D eigenvalue weighted by atomic mass is 10.4. The van der Waals surface area contributed by atoms with E-state index in [9.17, 15) is 0 Å². The maximum absolute atomic E-state index is 8.49. The Balaban J connectivity index is 0.000000650. The Labute approximate surface area is 137 Å². The van der Waals surface area contributed by atoms with Crippen molar-refractivity contribution in [2.24, 2.45) is 16.5 Å². The summed E-state index contributed by atoms with van der Waals surface area (Å²) < 4.78 is 35.6. The average molecular weight is 366 g/mol. The Hall–Kier alpha value is -2.49. The summed E-state index contributed by atoms with van der Waals surface area (Å²) in [6, 6.07) is 1.95. The number of nitrogens with two attached hydrogens (primary N) is 2. The minimum absolute atomic E-state index is 0.0234. The van der Waals surface area contributed by atoms with E-state index in [-0.39, 0.29) is 11.9 Å². The summed E-state index contributed by atoms with van der Waals surface area (Å²) in [5, 5.41) is 25.2. The molecule has 2 aromatic rings. The van der Waals surface area contributed by atoms with Gasteiger partial charge in [-0.05, 0) is 30.1 Å². The van der Waals surface area contributed by atoms with Crippen LogP contribution in [0.5, 0.6) is 0 Å². The molecule has 24 heavy (non-hydrogen) atoms. The van der Waals surface area contributed by atoms with Crippen molar-refractivity contribution in [3.05, 3.63) is 17.5 Å². The van der Waals surface area contributed by atoms with Crippen LogP contribution in [0.4, 0.5) is 5.95 Å². The normalized spacial score (nSPS) is 10.0. The Bertz CT molecular complexity index is 644.